The van der Waals surface area contributed by atoms with Gasteiger partial charge >= 0.3 is 0 Å². The summed E-state index contributed by atoms with van der Waals surface area (Å²) in [7, 11) is 7.41. The quantitative estimate of drug-likeness (QED) is 0.429. The summed E-state index contributed by atoms with van der Waals surface area (Å²) in [6.45, 7) is 8.71. The summed E-state index contributed by atoms with van der Waals surface area (Å²) in [6, 6.07) is 8.50. The maximum atomic E-state index is 5.80. The Morgan fingerprint density at radius 1 is 1.00 bits per heavy atom. The van der Waals surface area contributed by atoms with Crippen LogP contribution in [-0.4, -0.2) is 15.0 Å². The lowest BCUT2D eigenvalue weighted by molar-refractivity contribution is 0.415. The van der Waals surface area contributed by atoms with Gasteiger partial charge in [0.2, 0.25) is 0 Å². The molecular weight excluding hydrogens is 303 g/mol. The highest BCUT2D eigenvalue weighted by atomic mass is 16.5. The minimum atomic E-state index is 0.648. The molecule has 0 aliphatic heterocycles. The van der Waals surface area contributed by atoms with E-state index in [0.29, 0.717) is 6.32 Å². The van der Waals surface area contributed by atoms with Gasteiger partial charge in [-0.15, -0.1) is 0 Å². The average Bonchev–Trinajstić information content (AvgIpc) is 2.63. The Morgan fingerprint density at radius 3 is 2.32 bits per heavy atom. The van der Waals surface area contributed by atoms with Crippen molar-refractivity contribution in [2.24, 2.45) is 0 Å². The van der Waals surface area contributed by atoms with Crippen molar-refractivity contribution in [3.05, 3.63) is 64.3 Å². The second-order valence-electron chi connectivity index (χ2n) is 6.86. The number of methoxy groups -OCH3 is 1. The molecule has 0 bridgehead atoms. The fourth-order valence-electron chi connectivity index (χ4n) is 3.26. The fraction of sp³-hybridized carbons (Fsp3) is 0.391. The number of hydrogen-bond donors (Lipinski definition) is 0. The lowest BCUT2D eigenvalue weighted by atomic mass is 9.92. The molecule has 2 heteroatoms. The van der Waals surface area contributed by atoms with Crippen molar-refractivity contribution in [1.82, 2.24) is 0 Å². The van der Waals surface area contributed by atoms with Crippen LogP contribution in [0.5, 0.6) is 5.75 Å². The van der Waals surface area contributed by atoms with Gasteiger partial charge in [0.05, 0.1) is 15.0 Å². The van der Waals surface area contributed by atoms with E-state index in [9.17, 15) is 0 Å². The number of hydrogen-bond acceptors (Lipinski definition) is 1. The van der Waals surface area contributed by atoms with Crippen LogP contribution >= 0.6 is 0 Å². The van der Waals surface area contributed by atoms with Crippen molar-refractivity contribution in [3.8, 4) is 5.75 Å². The molecule has 130 valence electrons. The molecular formula is C23H29BO. The Morgan fingerprint density at radius 2 is 1.68 bits per heavy atom. The first-order valence-electron chi connectivity index (χ1n) is 9.05. The topological polar surface area (TPSA) is 9.23 Å². The molecule has 0 aliphatic carbocycles. The Kier molecular flexibility index (Phi) is 6.93. The van der Waals surface area contributed by atoms with E-state index < -0.39 is 0 Å². The van der Waals surface area contributed by atoms with Crippen LogP contribution < -0.4 is 4.74 Å². The number of aryl methyl sites for hydroxylation is 1. The third-order valence-electron chi connectivity index (χ3n) is 5.08. The Bertz CT molecular complexity index is 799. The summed E-state index contributed by atoms with van der Waals surface area (Å²) >= 11 is 0. The molecule has 2 radical (unpaired) electrons. The molecule has 0 saturated carbocycles. The third-order valence-corrected chi connectivity index (χ3v) is 5.08. The van der Waals surface area contributed by atoms with Gasteiger partial charge in [-0.3, -0.25) is 0 Å². The number of ether oxygens (including phenoxy) is 1. The van der Waals surface area contributed by atoms with Gasteiger partial charge in [0.15, 0.2) is 0 Å². The smallest absolute Gasteiger partial charge is 0.130 e. The second kappa shape index (κ2) is 8.94. The van der Waals surface area contributed by atoms with Crippen LogP contribution in [0.1, 0.15) is 43.4 Å². The van der Waals surface area contributed by atoms with Gasteiger partial charge in [-0.1, -0.05) is 53.9 Å². The molecule has 0 aromatic heterocycles. The van der Waals surface area contributed by atoms with Gasteiger partial charge in [-0.2, -0.15) is 0 Å². The Labute approximate surface area is 154 Å². The summed E-state index contributed by atoms with van der Waals surface area (Å²) in [5, 5.41) is 2.49. The van der Waals surface area contributed by atoms with E-state index in [1.807, 2.05) is 0 Å². The second-order valence-corrected chi connectivity index (χ2v) is 6.86. The number of rotatable bonds is 7. The van der Waals surface area contributed by atoms with Crippen LogP contribution in [-0.2, 0) is 6.42 Å². The highest BCUT2D eigenvalue weighted by molar-refractivity contribution is 6.10. The van der Waals surface area contributed by atoms with Gasteiger partial charge < -0.3 is 4.74 Å². The largest absolute Gasteiger partial charge is 0.496 e. The molecule has 0 saturated heterocycles. The van der Waals surface area contributed by atoms with Crippen LogP contribution in [0, 0.1) is 13.8 Å². The van der Waals surface area contributed by atoms with Crippen molar-refractivity contribution >= 4 is 18.6 Å². The van der Waals surface area contributed by atoms with Crippen LogP contribution in [0.25, 0.3) is 10.8 Å². The monoisotopic (exact) mass is 332 g/mol. The molecule has 0 aliphatic rings. The zero-order valence-corrected chi connectivity index (χ0v) is 16.3. The number of allylic oxidation sites excluding steroid dienone is 4. The highest BCUT2D eigenvalue weighted by Crippen LogP contribution is 2.36. The van der Waals surface area contributed by atoms with Crippen molar-refractivity contribution in [3.63, 3.8) is 0 Å². The van der Waals surface area contributed by atoms with Crippen molar-refractivity contribution < 1.29 is 4.74 Å². The molecule has 0 unspecified atom stereocenters. The average molecular weight is 332 g/mol. The Hall–Kier alpha value is -1.96. The molecule has 2 aromatic carbocycles. The van der Waals surface area contributed by atoms with Crippen molar-refractivity contribution in [1.29, 1.82) is 0 Å². The lowest BCUT2D eigenvalue weighted by Crippen LogP contribution is -1.99. The van der Waals surface area contributed by atoms with E-state index in [-0.39, 0.29) is 0 Å². The molecule has 1 nitrogen and oxygen atoms in total. The molecule has 0 fully saturated rings. The SMILES string of the molecule is [B]C/C(C)=C/CC/C(C)=C/Cc1c(C)c(C)c2ccccc2c1OC. The summed E-state index contributed by atoms with van der Waals surface area (Å²) < 4.78 is 5.80. The first-order valence-corrected chi connectivity index (χ1v) is 9.05. The van der Waals surface area contributed by atoms with Gasteiger partial charge in [-0.25, -0.2) is 0 Å². The van der Waals surface area contributed by atoms with E-state index in [4.69, 9.17) is 12.6 Å². The van der Waals surface area contributed by atoms with E-state index >= 15 is 0 Å². The van der Waals surface area contributed by atoms with Gasteiger partial charge in [0.1, 0.15) is 5.75 Å². The van der Waals surface area contributed by atoms with Crippen LogP contribution in [0.3, 0.4) is 0 Å². The van der Waals surface area contributed by atoms with Gasteiger partial charge in [-0.05, 0) is 63.5 Å². The molecule has 0 heterocycles. The van der Waals surface area contributed by atoms with E-state index in [1.54, 1.807) is 7.11 Å². The summed E-state index contributed by atoms with van der Waals surface area (Å²) in [5.41, 5.74) is 6.65. The fourth-order valence-corrected chi connectivity index (χ4v) is 3.26. The van der Waals surface area contributed by atoms with Crippen molar-refractivity contribution in [2.45, 2.75) is 53.3 Å². The molecule has 2 rings (SSSR count). The van der Waals surface area contributed by atoms with Crippen LogP contribution in [0.2, 0.25) is 6.32 Å². The maximum absolute atomic E-state index is 5.80. The zero-order valence-electron chi connectivity index (χ0n) is 16.3. The summed E-state index contributed by atoms with van der Waals surface area (Å²) in [5.74, 6) is 1.02. The van der Waals surface area contributed by atoms with Gasteiger partial charge in [0, 0.05) is 10.9 Å². The standard InChI is InChI=1S/C23H29BO/c1-16(9-8-10-17(2)15-24)13-14-21-19(4)18(3)20-11-6-7-12-22(20)23(21)25-5/h6-7,10-13H,8-9,14-15H2,1-5H3/b16-13+,17-10+. The predicted octanol–water partition coefficient (Wildman–Crippen LogP) is 6.27. The van der Waals surface area contributed by atoms with E-state index in [1.165, 1.54) is 38.6 Å². The summed E-state index contributed by atoms with van der Waals surface area (Å²) in [4.78, 5) is 0. The minimum absolute atomic E-state index is 0.648. The predicted molar refractivity (Wildman–Crippen MR) is 111 cm³/mol. The molecule has 0 atom stereocenters. The van der Waals surface area contributed by atoms with Gasteiger partial charge in [0.25, 0.3) is 0 Å². The Balaban J connectivity index is 2.29. The zero-order chi connectivity index (χ0) is 18.4. The lowest BCUT2D eigenvalue weighted by Gasteiger charge is -2.17. The molecule has 0 N–H and O–H groups in total. The van der Waals surface area contributed by atoms with E-state index in [2.05, 4.69) is 64.1 Å². The minimum Gasteiger partial charge on any atom is -0.496 e. The summed E-state index contributed by atoms with van der Waals surface area (Å²) in [6.07, 6.45) is 8.26. The van der Waals surface area contributed by atoms with Crippen molar-refractivity contribution in [2.75, 3.05) is 7.11 Å². The normalized spacial score (nSPS) is 12.7. The molecule has 0 spiro atoms. The van der Waals surface area contributed by atoms with Crippen LogP contribution in [0.4, 0.5) is 0 Å². The highest BCUT2D eigenvalue weighted by Gasteiger charge is 2.14. The van der Waals surface area contributed by atoms with E-state index in [0.717, 1.165) is 25.0 Å². The number of fused-ring (bicyclic) bond motifs is 1. The molecule has 2 aromatic rings. The molecule has 0 amide bonds. The third kappa shape index (κ3) is 4.57. The van der Waals surface area contributed by atoms with Crippen LogP contribution in [0.15, 0.2) is 47.6 Å². The first-order chi connectivity index (χ1) is 12.0. The maximum Gasteiger partial charge on any atom is 0.130 e. The molecule has 25 heavy (non-hydrogen) atoms. The number of benzene rings is 2. The first kappa shape index (κ1) is 19.4.